The van der Waals surface area contributed by atoms with Gasteiger partial charge in [0.2, 0.25) is 0 Å². The first-order chi connectivity index (χ1) is 5.76. The molecule has 0 saturated carbocycles. The van der Waals surface area contributed by atoms with Crippen LogP contribution in [-0.4, -0.2) is 13.4 Å². The molecule has 0 aromatic rings. The normalized spacial score (nSPS) is 10.6. The van der Waals surface area contributed by atoms with Crippen LogP contribution in [0.15, 0.2) is 36.6 Å². The zero-order chi connectivity index (χ0) is 9.40. The van der Waals surface area contributed by atoms with Gasteiger partial charge in [-0.05, 0) is 18.1 Å². The molecule has 0 amide bonds. The van der Waals surface area contributed by atoms with Crippen molar-refractivity contribution in [2.24, 2.45) is 0 Å². The van der Waals surface area contributed by atoms with Crippen LogP contribution < -0.4 is 0 Å². The lowest BCUT2D eigenvalue weighted by Crippen LogP contribution is -1.91. The van der Waals surface area contributed by atoms with E-state index < -0.39 is 0 Å². The Balaban J connectivity index is 4.12. The standard InChI is InChI=1S/C10H14O2/c1-4-6-10(12-3)9(2)7-5-8-11/h4,6,8H,1-2,5,7H2,3H3/b10-6+. The van der Waals surface area contributed by atoms with Crippen molar-refractivity contribution < 1.29 is 9.53 Å². The monoisotopic (exact) mass is 166 g/mol. The predicted octanol–water partition coefficient (Wildman–Crippen LogP) is 2.24. The fourth-order valence-corrected chi connectivity index (χ4v) is 0.794. The third kappa shape index (κ3) is 3.76. The summed E-state index contributed by atoms with van der Waals surface area (Å²) in [5.74, 6) is 0.687. The first-order valence-electron chi connectivity index (χ1n) is 3.74. The highest BCUT2D eigenvalue weighted by atomic mass is 16.5. The van der Waals surface area contributed by atoms with Gasteiger partial charge in [0.15, 0.2) is 0 Å². The maximum atomic E-state index is 10.1. The quantitative estimate of drug-likeness (QED) is 0.343. The number of rotatable bonds is 6. The lowest BCUT2D eigenvalue weighted by molar-refractivity contribution is -0.107. The minimum Gasteiger partial charge on any atom is -0.497 e. The number of carbonyl (C=O) groups is 1. The van der Waals surface area contributed by atoms with Gasteiger partial charge >= 0.3 is 0 Å². The van der Waals surface area contributed by atoms with Crippen molar-refractivity contribution in [2.45, 2.75) is 12.8 Å². The summed E-state index contributed by atoms with van der Waals surface area (Å²) in [4.78, 5) is 10.1. The molecule has 0 aliphatic carbocycles. The van der Waals surface area contributed by atoms with Crippen molar-refractivity contribution in [3.05, 3.63) is 36.6 Å². The summed E-state index contributed by atoms with van der Waals surface area (Å²) < 4.78 is 5.02. The highest BCUT2D eigenvalue weighted by molar-refractivity contribution is 5.50. The number of aldehydes is 1. The average Bonchev–Trinajstić information content (AvgIpc) is 2.10. The minimum atomic E-state index is 0.483. The summed E-state index contributed by atoms with van der Waals surface area (Å²) in [5, 5.41) is 0. The molecule has 0 spiro atoms. The lowest BCUT2D eigenvalue weighted by atomic mass is 10.1. The lowest BCUT2D eigenvalue weighted by Gasteiger charge is -2.06. The van der Waals surface area contributed by atoms with Crippen LogP contribution in [0.2, 0.25) is 0 Å². The van der Waals surface area contributed by atoms with Crippen molar-refractivity contribution >= 4 is 6.29 Å². The summed E-state index contributed by atoms with van der Waals surface area (Å²) in [7, 11) is 1.57. The van der Waals surface area contributed by atoms with Crippen LogP contribution in [0, 0.1) is 0 Å². The number of hydrogen-bond acceptors (Lipinski definition) is 2. The maximum absolute atomic E-state index is 10.1. The highest BCUT2D eigenvalue weighted by Gasteiger charge is 2.00. The van der Waals surface area contributed by atoms with E-state index in [1.165, 1.54) is 0 Å². The van der Waals surface area contributed by atoms with E-state index >= 15 is 0 Å². The molecule has 2 nitrogen and oxygen atoms in total. The Bertz CT molecular complexity index is 202. The molecule has 0 rings (SSSR count). The highest BCUT2D eigenvalue weighted by Crippen LogP contribution is 2.13. The minimum absolute atomic E-state index is 0.483. The molecule has 0 aromatic heterocycles. The van der Waals surface area contributed by atoms with Gasteiger partial charge in [-0.15, -0.1) is 0 Å². The second-order valence-corrected chi connectivity index (χ2v) is 2.28. The Hall–Kier alpha value is -1.31. The topological polar surface area (TPSA) is 26.3 Å². The first kappa shape index (κ1) is 10.7. The average molecular weight is 166 g/mol. The molecular weight excluding hydrogens is 152 g/mol. The van der Waals surface area contributed by atoms with E-state index in [9.17, 15) is 4.79 Å². The van der Waals surface area contributed by atoms with Crippen LogP contribution in [-0.2, 0) is 9.53 Å². The fourth-order valence-electron chi connectivity index (χ4n) is 0.794. The molecule has 0 aromatic carbocycles. The Labute approximate surface area is 73.2 Å². The summed E-state index contributed by atoms with van der Waals surface area (Å²) in [5.41, 5.74) is 0.824. The summed E-state index contributed by atoms with van der Waals surface area (Å²) >= 11 is 0. The van der Waals surface area contributed by atoms with E-state index in [2.05, 4.69) is 13.2 Å². The molecule has 0 saturated heterocycles. The van der Waals surface area contributed by atoms with Crippen molar-refractivity contribution in [1.29, 1.82) is 0 Å². The Kier molecular flexibility index (Phi) is 5.70. The second kappa shape index (κ2) is 6.40. The number of methoxy groups -OCH3 is 1. The largest absolute Gasteiger partial charge is 0.497 e. The molecule has 0 fully saturated rings. The Morgan fingerprint density at radius 2 is 2.25 bits per heavy atom. The van der Waals surface area contributed by atoms with E-state index in [1.807, 2.05) is 0 Å². The van der Waals surface area contributed by atoms with Gasteiger partial charge in [-0.1, -0.05) is 19.2 Å². The molecule has 0 heterocycles. The molecule has 0 aliphatic heterocycles. The van der Waals surface area contributed by atoms with Crippen molar-refractivity contribution in [1.82, 2.24) is 0 Å². The van der Waals surface area contributed by atoms with Gasteiger partial charge in [0.25, 0.3) is 0 Å². The van der Waals surface area contributed by atoms with Crippen LogP contribution in [0.4, 0.5) is 0 Å². The van der Waals surface area contributed by atoms with Gasteiger partial charge in [0.1, 0.15) is 12.0 Å². The van der Waals surface area contributed by atoms with E-state index in [4.69, 9.17) is 4.74 Å². The van der Waals surface area contributed by atoms with E-state index in [-0.39, 0.29) is 0 Å². The van der Waals surface area contributed by atoms with Crippen molar-refractivity contribution in [3.8, 4) is 0 Å². The molecule has 0 bridgehead atoms. The predicted molar refractivity (Wildman–Crippen MR) is 49.7 cm³/mol. The number of carbonyl (C=O) groups excluding carboxylic acids is 1. The van der Waals surface area contributed by atoms with Gasteiger partial charge in [0.05, 0.1) is 7.11 Å². The van der Waals surface area contributed by atoms with Crippen LogP contribution in [0.3, 0.4) is 0 Å². The first-order valence-corrected chi connectivity index (χ1v) is 3.74. The number of ether oxygens (including phenoxy) is 1. The fraction of sp³-hybridized carbons (Fsp3) is 0.300. The molecule has 0 N–H and O–H groups in total. The van der Waals surface area contributed by atoms with Gasteiger partial charge in [-0.3, -0.25) is 0 Å². The summed E-state index contributed by atoms with van der Waals surface area (Å²) in [6.45, 7) is 7.33. The zero-order valence-electron chi connectivity index (χ0n) is 7.38. The smallest absolute Gasteiger partial charge is 0.121 e. The summed E-state index contributed by atoms with van der Waals surface area (Å²) in [6.07, 6.45) is 5.35. The van der Waals surface area contributed by atoms with Crippen LogP contribution in [0.25, 0.3) is 0 Å². The molecule has 66 valence electrons. The molecular formula is C10H14O2. The maximum Gasteiger partial charge on any atom is 0.121 e. The number of allylic oxidation sites excluding steroid dienone is 3. The van der Waals surface area contributed by atoms with Gasteiger partial charge in [0, 0.05) is 6.42 Å². The van der Waals surface area contributed by atoms with Gasteiger partial charge in [-0.2, -0.15) is 0 Å². The zero-order valence-corrected chi connectivity index (χ0v) is 7.38. The number of hydrogen-bond donors (Lipinski definition) is 0. The van der Waals surface area contributed by atoms with Crippen LogP contribution >= 0.6 is 0 Å². The van der Waals surface area contributed by atoms with E-state index in [0.717, 1.165) is 11.9 Å². The van der Waals surface area contributed by atoms with Gasteiger partial charge < -0.3 is 9.53 Å². The van der Waals surface area contributed by atoms with E-state index in [0.29, 0.717) is 18.6 Å². The Morgan fingerprint density at radius 1 is 1.58 bits per heavy atom. The molecule has 2 heteroatoms. The SMILES string of the molecule is C=C/C=C(/OC)C(=C)CCC=O. The third-order valence-electron chi connectivity index (χ3n) is 1.40. The molecule has 0 aliphatic rings. The molecule has 0 unspecified atom stereocenters. The third-order valence-corrected chi connectivity index (χ3v) is 1.40. The Morgan fingerprint density at radius 3 is 2.67 bits per heavy atom. The van der Waals surface area contributed by atoms with Crippen molar-refractivity contribution in [3.63, 3.8) is 0 Å². The van der Waals surface area contributed by atoms with Crippen LogP contribution in [0.1, 0.15) is 12.8 Å². The molecule has 12 heavy (non-hydrogen) atoms. The molecule has 0 radical (unpaired) electrons. The summed E-state index contributed by atoms with van der Waals surface area (Å²) in [6, 6.07) is 0. The van der Waals surface area contributed by atoms with Crippen molar-refractivity contribution in [2.75, 3.05) is 7.11 Å². The second-order valence-electron chi connectivity index (χ2n) is 2.28. The molecule has 0 atom stereocenters. The van der Waals surface area contributed by atoms with E-state index in [1.54, 1.807) is 19.3 Å². The van der Waals surface area contributed by atoms with Gasteiger partial charge in [-0.25, -0.2) is 0 Å². The van der Waals surface area contributed by atoms with Crippen LogP contribution in [0.5, 0.6) is 0 Å².